The molecule has 0 saturated carbocycles. The van der Waals surface area contributed by atoms with Gasteiger partial charge in [-0.05, 0) is 6.92 Å². The number of fused-ring (bicyclic) bond motifs is 1. The average molecular weight is 225 g/mol. The molecule has 1 N–H and O–H groups in total. The van der Waals surface area contributed by atoms with E-state index in [9.17, 15) is 4.79 Å². The zero-order valence-corrected chi connectivity index (χ0v) is 10.3. The molecule has 0 aromatic carbocycles. The number of nitrogens with zero attached hydrogens (tertiary/aromatic N) is 2. The van der Waals surface area contributed by atoms with Gasteiger partial charge in [0.15, 0.2) is 0 Å². The predicted octanol–water partition coefficient (Wildman–Crippen LogP) is 1.23. The molecule has 0 radical (unpaired) electrons. The Balaban J connectivity index is 0.000000606. The molecular formula is C11H19N3O2. The third-order valence-electron chi connectivity index (χ3n) is 2.47. The summed E-state index contributed by atoms with van der Waals surface area (Å²) in [6, 6.07) is 0. The predicted molar refractivity (Wildman–Crippen MR) is 60.8 cm³/mol. The van der Waals surface area contributed by atoms with Crippen LogP contribution in [0.15, 0.2) is 0 Å². The van der Waals surface area contributed by atoms with E-state index in [1.54, 1.807) is 4.90 Å². The van der Waals surface area contributed by atoms with Gasteiger partial charge in [-0.2, -0.15) is 5.10 Å². The minimum Gasteiger partial charge on any atom is -0.375 e. The quantitative estimate of drug-likeness (QED) is 0.823. The van der Waals surface area contributed by atoms with E-state index in [0.29, 0.717) is 13.1 Å². The summed E-state index contributed by atoms with van der Waals surface area (Å²) in [6.07, 6.45) is 0. The van der Waals surface area contributed by atoms with Crippen LogP contribution in [-0.2, 0) is 22.6 Å². The van der Waals surface area contributed by atoms with Gasteiger partial charge in [0.05, 0.1) is 12.2 Å². The molecule has 1 aliphatic heterocycles. The van der Waals surface area contributed by atoms with E-state index in [2.05, 4.69) is 10.2 Å². The fraction of sp³-hybridized carbons (Fsp3) is 0.636. The zero-order chi connectivity index (χ0) is 12.1. The summed E-state index contributed by atoms with van der Waals surface area (Å²) in [7, 11) is 1.53. The van der Waals surface area contributed by atoms with Gasteiger partial charge in [0, 0.05) is 24.9 Å². The number of hydrogen-bond donors (Lipinski definition) is 1. The molecule has 5 nitrogen and oxygen atoms in total. The van der Waals surface area contributed by atoms with Gasteiger partial charge in [-0.1, -0.05) is 13.8 Å². The Bertz CT molecular complexity index is 360. The highest BCUT2D eigenvalue weighted by atomic mass is 16.5. The lowest BCUT2D eigenvalue weighted by Crippen LogP contribution is -2.29. The number of hydrogen-bond acceptors (Lipinski definition) is 3. The number of ether oxygens (including phenoxy) is 1. The first kappa shape index (κ1) is 12.7. The lowest BCUT2D eigenvalue weighted by atomic mass is 10.2. The van der Waals surface area contributed by atoms with Crippen molar-refractivity contribution in [1.82, 2.24) is 15.1 Å². The molecule has 0 unspecified atom stereocenters. The number of nitrogens with one attached hydrogen (secondary N) is 1. The van der Waals surface area contributed by atoms with E-state index in [0.717, 1.165) is 17.0 Å². The Morgan fingerprint density at radius 1 is 1.50 bits per heavy atom. The minimum atomic E-state index is 0.0184. The van der Waals surface area contributed by atoms with E-state index >= 15 is 0 Å². The second-order valence-corrected chi connectivity index (χ2v) is 3.46. The zero-order valence-electron chi connectivity index (χ0n) is 10.3. The average Bonchev–Trinajstić information content (AvgIpc) is 2.85. The van der Waals surface area contributed by atoms with Crippen LogP contribution in [0.1, 0.15) is 30.8 Å². The number of carbonyl (C=O) groups excluding carboxylic acids is 1. The van der Waals surface area contributed by atoms with E-state index in [4.69, 9.17) is 4.74 Å². The van der Waals surface area contributed by atoms with Crippen molar-refractivity contribution < 1.29 is 9.53 Å². The summed E-state index contributed by atoms with van der Waals surface area (Å²) in [5, 5.41) is 7.04. The first-order valence-corrected chi connectivity index (χ1v) is 5.51. The van der Waals surface area contributed by atoms with Crippen LogP contribution in [0, 0.1) is 6.92 Å². The van der Waals surface area contributed by atoms with Crippen molar-refractivity contribution in [2.45, 2.75) is 33.9 Å². The fourth-order valence-electron chi connectivity index (χ4n) is 1.66. The van der Waals surface area contributed by atoms with Crippen LogP contribution in [0.25, 0.3) is 0 Å². The van der Waals surface area contributed by atoms with Crippen molar-refractivity contribution in [3.05, 3.63) is 17.0 Å². The smallest absolute Gasteiger partial charge is 0.249 e. The normalized spacial score (nSPS) is 13.1. The van der Waals surface area contributed by atoms with Crippen LogP contribution in [0.5, 0.6) is 0 Å². The Labute approximate surface area is 95.8 Å². The van der Waals surface area contributed by atoms with Crippen molar-refractivity contribution in [1.29, 1.82) is 0 Å². The lowest BCUT2D eigenvalue weighted by Gasteiger charge is -2.14. The standard InChI is InChI=1S/C9H13N3O2.C2H6/c1-6-7-3-12(9(13)5-14-2)4-8(7)11-10-6;1-2/h3-5H2,1-2H3,(H,10,11);1-2H3. The number of aromatic amines is 1. The molecule has 0 aliphatic carbocycles. The van der Waals surface area contributed by atoms with Gasteiger partial charge in [0.1, 0.15) is 6.61 Å². The highest BCUT2D eigenvalue weighted by molar-refractivity contribution is 5.78. The molecule has 16 heavy (non-hydrogen) atoms. The maximum Gasteiger partial charge on any atom is 0.249 e. The number of aryl methyl sites for hydroxylation is 1. The first-order chi connectivity index (χ1) is 7.72. The Morgan fingerprint density at radius 3 is 2.75 bits per heavy atom. The number of amides is 1. The van der Waals surface area contributed by atoms with Crippen molar-refractivity contribution in [2.75, 3.05) is 13.7 Å². The van der Waals surface area contributed by atoms with Crippen molar-refractivity contribution in [3.63, 3.8) is 0 Å². The van der Waals surface area contributed by atoms with Crippen molar-refractivity contribution in [2.24, 2.45) is 0 Å². The van der Waals surface area contributed by atoms with Crippen LogP contribution in [0.4, 0.5) is 0 Å². The molecular weight excluding hydrogens is 206 g/mol. The van der Waals surface area contributed by atoms with Gasteiger partial charge in [-0.15, -0.1) is 0 Å². The van der Waals surface area contributed by atoms with Gasteiger partial charge in [0.25, 0.3) is 0 Å². The Morgan fingerprint density at radius 2 is 2.19 bits per heavy atom. The third-order valence-corrected chi connectivity index (χ3v) is 2.47. The van der Waals surface area contributed by atoms with Gasteiger partial charge >= 0.3 is 0 Å². The number of rotatable bonds is 2. The maximum atomic E-state index is 11.5. The van der Waals surface area contributed by atoms with E-state index in [-0.39, 0.29) is 12.5 Å². The van der Waals surface area contributed by atoms with Crippen LogP contribution >= 0.6 is 0 Å². The number of carbonyl (C=O) groups is 1. The third kappa shape index (κ3) is 2.41. The van der Waals surface area contributed by atoms with Crippen LogP contribution in [-0.4, -0.2) is 34.7 Å². The van der Waals surface area contributed by atoms with Crippen molar-refractivity contribution >= 4 is 5.91 Å². The molecule has 2 heterocycles. The topological polar surface area (TPSA) is 58.2 Å². The monoisotopic (exact) mass is 225 g/mol. The van der Waals surface area contributed by atoms with Gasteiger partial charge < -0.3 is 9.64 Å². The van der Waals surface area contributed by atoms with E-state index < -0.39 is 0 Å². The molecule has 0 spiro atoms. The summed E-state index contributed by atoms with van der Waals surface area (Å²) in [4.78, 5) is 13.2. The molecule has 1 aliphatic rings. The van der Waals surface area contributed by atoms with Crippen LogP contribution in [0.3, 0.4) is 0 Å². The summed E-state index contributed by atoms with van der Waals surface area (Å²) < 4.78 is 4.80. The van der Waals surface area contributed by atoms with Crippen LogP contribution < -0.4 is 0 Å². The molecule has 0 atom stereocenters. The Hall–Kier alpha value is -1.36. The first-order valence-electron chi connectivity index (χ1n) is 5.51. The molecule has 5 heteroatoms. The van der Waals surface area contributed by atoms with Gasteiger partial charge in [-0.25, -0.2) is 0 Å². The molecule has 2 rings (SSSR count). The highest BCUT2D eigenvalue weighted by Gasteiger charge is 2.26. The molecule has 0 saturated heterocycles. The summed E-state index contributed by atoms with van der Waals surface area (Å²) in [6.45, 7) is 7.37. The SMILES string of the molecule is CC.COCC(=O)N1Cc2n[nH]c(C)c2C1. The van der Waals surface area contributed by atoms with E-state index in [1.807, 2.05) is 20.8 Å². The largest absolute Gasteiger partial charge is 0.375 e. The molecule has 0 fully saturated rings. The summed E-state index contributed by atoms with van der Waals surface area (Å²) >= 11 is 0. The van der Waals surface area contributed by atoms with Crippen LogP contribution in [0.2, 0.25) is 0 Å². The summed E-state index contributed by atoms with van der Waals surface area (Å²) in [5.41, 5.74) is 3.18. The minimum absolute atomic E-state index is 0.0184. The maximum absolute atomic E-state index is 11.5. The molecule has 0 bridgehead atoms. The van der Waals surface area contributed by atoms with E-state index in [1.165, 1.54) is 7.11 Å². The summed E-state index contributed by atoms with van der Waals surface area (Å²) in [5.74, 6) is 0.0184. The molecule has 90 valence electrons. The second kappa shape index (κ2) is 5.65. The Kier molecular flexibility index (Phi) is 4.49. The molecule has 1 aromatic rings. The van der Waals surface area contributed by atoms with Crippen molar-refractivity contribution in [3.8, 4) is 0 Å². The van der Waals surface area contributed by atoms with Gasteiger partial charge in [0.2, 0.25) is 5.91 Å². The van der Waals surface area contributed by atoms with Gasteiger partial charge in [-0.3, -0.25) is 9.89 Å². The fourth-order valence-corrected chi connectivity index (χ4v) is 1.66. The number of methoxy groups -OCH3 is 1. The second-order valence-electron chi connectivity index (χ2n) is 3.46. The molecule has 1 aromatic heterocycles. The number of H-pyrrole nitrogens is 1. The lowest BCUT2D eigenvalue weighted by molar-refractivity contribution is -0.135. The number of aromatic nitrogens is 2. The highest BCUT2D eigenvalue weighted by Crippen LogP contribution is 2.22. The molecule has 1 amide bonds.